The Morgan fingerprint density at radius 3 is 1.46 bits per heavy atom. The van der Waals surface area contributed by atoms with E-state index in [9.17, 15) is 4.57 Å². The Morgan fingerprint density at radius 2 is 1.02 bits per heavy atom. The maximum absolute atomic E-state index is 11.7. The van der Waals surface area contributed by atoms with Crippen LogP contribution in [-0.4, -0.2) is 95.1 Å². The molecular weight excluding hydrogens is 629 g/mol. The molecule has 2 rings (SSSR count). The van der Waals surface area contributed by atoms with E-state index in [1.165, 1.54) is 109 Å². The molecule has 10 heteroatoms. The SMILES string of the molecule is CC1(C)OC[C@H]([C@H]2OC(C)(C)O[C@@H]2COCCCCCCCCCCCCCCCCCCCCCCO[P+](=O)OCC[N+](C)(C)C)O1. The Bertz CT molecular complexity index is 821. The lowest BCUT2D eigenvalue weighted by Gasteiger charge is -2.23. The number of nitrogens with zero attached hydrogens (tertiary/aromatic N) is 1. The number of rotatable bonds is 31. The minimum atomic E-state index is -1.96. The van der Waals surface area contributed by atoms with Gasteiger partial charge in [0.05, 0.1) is 34.4 Å². The third-order valence-corrected chi connectivity index (χ3v) is 10.0. The Morgan fingerprint density at radius 1 is 0.583 bits per heavy atom. The maximum Gasteiger partial charge on any atom is 0.697 e. The van der Waals surface area contributed by atoms with E-state index in [1.54, 1.807) is 0 Å². The predicted molar refractivity (Wildman–Crippen MR) is 194 cm³/mol. The number of ether oxygens (including phenoxy) is 5. The van der Waals surface area contributed by atoms with E-state index in [0.29, 0.717) is 26.4 Å². The van der Waals surface area contributed by atoms with E-state index in [0.717, 1.165) is 36.9 Å². The van der Waals surface area contributed by atoms with Crippen molar-refractivity contribution in [2.75, 3.05) is 60.7 Å². The summed E-state index contributed by atoms with van der Waals surface area (Å²) in [5, 5.41) is 0. The molecule has 0 spiro atoms. The third-order valence-electron chi connectivity index (χ3n) is 9.24. The van der Waals surface area contributed by atoms with Crippen molar-refractivity contribution in [1.29, 1.82) is 0 Å². The van der Waals surface area contributed by atoms with E-state index >= 15 is 0 Å². The molecular formula is C38H76NO8P+2. The van der Waals surface area contributed by atoms with Crippen LogP contribution in [0.1, 0.15) is 156 Å². The standard InChI is InChI=1S/C38H76NO8P/c1-37(2)42-33-35(45-37)36-34(46-38(3,4)47-36)32-41-29-26-24-22-20-18-16-14-12-10-8-9-11-13-15-17-19-21-23-25-27-30-43-48(40)44-31-28-39(5,6)7/h34-36H,8-33H2,1-7H3/q+2/t34-,35-,36+/m1/s1. The summed E-state index contributed by atoms with van der Waals surface area (Å²) in [6.45, 7) is 11.5. The van der Waals surface area contributed by atoms with Crippen LogP contribution < -0.4 is 0 Å². The van der Waals surface area contributed by atoms with Gasteiger partial charge in [-0.05, 0) is 40.5 Å². The molecule has 0 aliphatic carbocycles. The molecule has 0 aromatic rings. The van der Waals surface area contributed by atoms with Crippen molar-refractivity contribution in [2.45, 2.75) is 186 Å². The first-order chi connectivity index (χ1) is 22.9. The van der Waals surface area contributed by atoms with Gasteiger partial charge in [0, 0.05) is 11.2 Å². The molecule has 0 N–H and O–H groups in total. The Kier molecular flexibility index (Phi) is 22.8. The van der Waals surface area contributed by atoms with Gasteiger partial charge in [0.25, 0.3) is 0 Å². The van der Waals surface area contributed by atoms with Crippen LogP contribution in [0.25, 0.3) is 0 Å². The molecule has 2 fully saturated rings. The first-order valence-electron chi connectivity index (χ1n) is 19.7. The molecule has 9 nitrogen and oxygen atoms in total. The van der Waals surface area contributed by atoms with Crippen LogP contribution in [0.2, 0.25) is 0 Å². The molecule has 0 bridgehead atoms. The lowest BCUT2D eigenvalue weighted by Crippen LogP contribution is -2.40. The molecule has 0 radical (unpaired) electrons. The van der Waals surface area contributed by atoms with Crippen LogP contribution in [0.3, 0.4) is 0 Å². The number of quaternary nitrogens is 1. The second kappa shape index (κ2) is 24.9. The molecule has 2 aliphatic rings. The van der Waals surface area contributed by atoms with Gasteiger partial charge in [0.1, 0.15) is 31.5 Å². The van der Waals surface area contributed by atoms with Crippen LogP contribution >= 0.6 is 8.25 Å². The molecule has 48 heavy (non-hydrogen) atoms. The largest absolute Gasteiger partial charge is 0.697 e. The Balaban J connectivity index is 1.25. The number of hydrogen-bond donors (Lipinski definition) is 0. The molecule has 284 valence electrons. The zero-order chi connectivity index (χ0) is 35.1. The first kappa shape index (κ1) is 43.9. The van der Waals surface area contributed by atoms with Crippen LogP contribution in [0, 0.1) is 0 Å². The van der Waals surface area contributed by atoms with Gasteiger partial charge in [0.2, 0.25) is 0 Å². The van der Waals surface area contributed by atoms with Gasteiger partial charge in [0.15, 0.2) is 18.2 Å². The number of likely N-dealkylation sites (N-methyl/N-ethyl adjacent to an activating group) is 1. The highest BCUT2D eigenvalue weighted by molar-refractivity contribution is 7.33. The summed E-state index contributed by atoms with van der Waals surface area (Å²) in [5.41, 5.74) is 0. The molecule has 0 aromatic carbocycles. The lowest BCUT2D eigenvalue weighted by atomic mass is 10.0. The molecule has 2 heterocycles. The molecule has 2 saturated heterocycles. The Labute approximate surface area is 296 Å². The predicted octanol–water partition coefficient (Wildman–Crippen LogP) is 9.87. The van der Waals surface area contributed by atoms with Gasteiger partial charge in [-0.3, -0.25) is 0 Å². The number of hydrogen-bond acceptors (Lipinski definition) is 8. The second-order valence-electron chi connectivity index (χ2n) is 16.1. The molecule has 0 aromatic heterocycles. The fraction of sp³-hybridized carbons (Fsp3) is 1.00. The fourth-order valence-corrected chi connectivity index (χ4v) is 7.02. The fourth-order valence-electron chi connectivity index (χ4n) is 6.44. The molecule has 2 aliphatic heterocycles. The van der Waals surface area contributed by atoms with E-state index in [2.05, 4.69) is 21.1 Å². The minimum absolute atomic E-state index is 0.124. The van der Waals surface area contributed by atoms with E-state index in [4.69, 9.17) is 32.7 Å². The van der Waals surface area contributed by atoms with E-state index in [-0.39, 0.29) is 18.3 Å². The van der Waals surface area contributed by atoms with Crippen molar-refractivity contribution in [3.63, 3.8) is 0 Å². The summed E-state index contributed by atoms with van der Waals surface area (Å²) in [6, 6.07) is 0. The minimum Gasteiger partial charge on any atom is -0.379 e. The van der Waals surface area contributed by atoms with Crippen molar-refractivity contribution >= 4 is 8.25 Å². The van der Waals surface area contributed by atoms with E-state index in [1.807, 2.05) is 27.7 Å². The van der Waals surface area contributed by atoms with E-state index < -0.39 is 19.8 Å². The van der Waals surface area contributed by atoms with Gasteiger partial charge >= 0.3 is 8.25 Å². The summed E-state index contributed by atoms with van der Waals surface area (Å²) >= 11 is 0. The summed E-state index contributed by atoms with van der Waals surface area (Å²) in [5.74, 6) is -1.19. The van der Waals surface area contributed by atoms with Crippen LogP contribution in [0.15, 0.2) is 0 Å². The van der Waals surface area contributed by atoms with Crippen molar-refractivity contribution in [3.8, 4) is 0 Å². The topological polar surface area (TPSA) is 81.7 Å². The monoisotopic (exact) mass is 706 g/mol. The molecule has 0 amide bonds. The van der Waals surface area contributed by atoms with Crippen molar-refractivity contribution in [3.05, 3.63) is 0 Å². The first-order valence-corrected chi connectivity index (χ1v) is 20.8. The lowest BCUT2D eigenvalue weighted by molar-refractivity contribution is -0.870. The smallest absolute Gasteiger partial charge is 0.379 e. The molecule has 1 unspecified atom stereocenters. The van der Waals surface area contributed by atoms with Crippen molar-refractivity contribution in [1.82, 2.24) is 0 Å². The summed E-state index contributed by atoms with van der Waals surface area (Å²) in [4.78, 5) is 0. The third kappa shape index (κ3) is 22.6. The van der Waals surface area contributed by atoms with Gasteiger partial charge in [-0.1, -0.05) is 116 Å². The molecule has 0 saturated carbocycles. The zero-order valence-electron chi connectivity index (χ0n) is 32.3. The average molecular weight is 706 g/mol. The zero-order valence-corrected chi connectivity index (χ0v) is 33.2. The molecule has 4 atom stereocenters. The van der Waals surface area contributed by atoms with Gasteiger partial charge in [-0.2, -0.15) is 0 Å². The summed E-state index contributed by atoms with van der Waals surface area (Å²) in [6.07, 6.45) is 25.9. The van der Waals surface area contributed by atoms with Gasteiger partial charge in [-0.15, -0.1) is 9.05 Å². The van der Waals surface area contributed by atoms with Crippen molar-refractivity contribution in [2.24, 2.45) is 0 Å². The van der Waals surface area contributed by atoms with Crippen molar-refractivity contribution < 1.29 is 41.8 Å². The highest BCUT2D eigenvalue weighted by Crippen LogP contribution is 2.35. The van der Waals surface area contributed by atoms with Gasteiger partial charge < -0.3 is 28.2 Å². The highest BCUT2D eigenvalue weighted by atomic mass is 31.1. The normalized spacial score (nSPS) is 22.5. The quantitative estimate of drug-likeness (QED) is 0.0401. The highest BCUT2D eigenvalue weighted by Gasteiger charge is 2.49. The average Bonchev–Trinajstić information content (AvgIpc) is 3.53. The van der Waals surface area contributed by atoms with Gasteiger partial charge in [-0.25, -0.2) is 0 Å². The second-order valence-corrected chi connectivity index (χ2v) is 17.0. The number of unbranched alkanes of at least 4 members (excludes halogenated alkanes) is 19. The van der Waals surface area contributed by atoms with Crippen LogP contribution in [-0.2, 0) is 37.3 Å². The summed E-state index contributed by atoms with van der Waals surface area (Å²) in [7, 11) is 4.31. The summed E-state index contributed by atoms with van der Waals surface area (Å²) < 4.78 is 53.1. The van der Waals surface area contributed by atoms with Crippen LogP contribution in [0.4, 0.5) is 0 Å². The van der Waals surface area contributed by atoms with Crippen LogP contribution in [0.5, 0.6) is 0 Å². The Hall–Kier alpha value is -0.220. The maximum atomic E-state index is 11.7.